The zero-order valence-corrected chi connectivity index (χ0v) is 10.2. The molecule has 86 valence electrons. The molecule has 0 saturated carbocycles. The van der Waals surface area contributed by atoms with Crippen molar-refractivity contribution >= 4 is 0 Å². The van der Waals surface area contributed by atoms with Crippen molar-refractivity contribution in [3.05, 3.63) is 0 Å². The van der Waals surface area contributed by atoms with Gasteiger partial charge in [-0.3, -0.25) is 4.90 Å². The van der Waals surface area contributed by atoms with Crippen LogP contribution in [0.1, 0.15) is 40.0 Å². The van der Waals surface area contributed by atoms with E-state index in [-0.39, 0.29) is 11.6 Å². The van der Waals surface area contributed by atoms with Crippen LogP contribution in [0, 0.1) is 11.3 Å². The first-order valence-corrected chi connectivity index (χ1v) is 5.98. The average molecular weight is 209 g/mol. The third kappa shape index (κ3) is 3.48. The molecule has 3 heteroatoms. The summed E-state index contributed by atoms with van der Waals surface area (Å²) in [5, 5.41) is 12.3. The zero-order chi connectivity index (χ0) is 11.3. The second-order valence-corrected chi connectivity index (χ2v) is 5.00. The summed E-state index contributed by atoms with van der Waals surface area (Å²) >= 11 is 0. The van der Waals surface area contributed by atoms with Crippen molar-refractivity contribution in [1.29, 1.82) is 5.26 Å². The molecule has 1 unspecified atom stereocenters. The molecule has 0 aromatic rings. The van der Waals surface area contributed by atoms with Crippen molar-refractivity contribution in [2.24, 2.45) is 0 Å². The van der Waals surface area contributed by atoms with Crippen molar-refractivity contribution in [3.63, 3.8) is 0 Å². The third-order valence-corrected chi connectivity index (χ3v) is 3.27. The predicted octanol–water partition coefficient (Wildman–Crippen LogP) is 1.75. The molecule has 1 aliphatic heterocycles. The number of rotatable bonds is 5. The van der Waals surface area contributed by atoms with E-state index >= 15 is 0 Å². The quantitative estimate of drug-likeness (QED) is 0.750. The molecule has 0 amide bonds. The summed E-state index contributed by atoms with van der Waals surface area (Å²) in [6.07, 6.45) is 3.60. The molecule has 1 saturated heterocycles. The first-order valence-electron chi connectivity index (χ1n) is 5.98. The summed E-state index contributed by atoms with van der Waals surface area (Å²) in [6, 6.07) is 2.34. The smallest absolute Gasteiger partial charge is 0.108 e. The molecule has 15 heavy (non-hydrogen) atoms. The van der Waals surface area contributed by atoms with E-state index in [0.29, 0.717) is 0 Å². The summed E-state index contributed by atoms with van der Waals surface area (Å²) in [5.41, 5.74) is 0.281. The van der Waals surface area contributed by atoms with Crippen LogP contribution in [0.15, 0.2) is 0 Å². The fraction of sp³-hybridized carbons (Fsp3) is 0.917. The minimum absolute atomic E-state index is 0.0117. The lowest BCUT2D eigenvalue weighted by atomic mass is 10.0. The van der Waals surface area contributed by atoms with Crippen molar-refractivity contribution in [2.75, 3.05) is 19.6 Å². The molecule has 1 atom stereocenters. The molecule has 0 spiro atoms. The highest BCUT2D eigenvalue weighted by Gasteiger charge is 2.32. The Balaban J connectivity index is 2.41. The van der Waals surface area contributed by atoms with Gasteiger partial charge in [0.1, 0.15) is 6.04 Å². The van der Waals surface area contributed by atoms with E-state index < -0.39 is 0 Å². The van der Waals surface area contributed by atoms with E-state index in [1.165, 1.54) is 12.8 Å². The van der Waals surface area contributed by atoms with Crippen LogP contribution in [0.2, 0.25) is 0 Å². The zero-order valence-electron chi connectivity index (χ0n) is 10.2. The lowest BCUT2D eigenvalue weighted by Gasteiger charge is -2.33. The Morgan fingerprint density at radius 3 is 2.73 bits per heavy atom. The van der Waals surface area contributed by atoms with Gasteiger partial charge in [-0.2, -0.15) is 5.26 Å². The van der Waals surface area contributed by atoms with Gasteiger partial charge in [-0.1, -0.05) is 6.92 Å². The van der Waals surface area contributed by atoms with Crippen LogP contribution >= 0.6 is 0 Å². The maximum Gasteiger partial charge on any atom is 0.108 e. The lowest BCUT2D eigenvalue weighted by Crippen LogP contribution is -2.46. The van der Waals surface area contributed by atoms with Gasteiger partial charge in [0, 0.05) is 12.1 Å². The number of hydrogen-bond acceptors (Lipinski definition) is 3. The van der Waals surface area contributed by atoms with E-state index in [1.54, 1.807) is 0 Å². The molecular formula is C12H23N3. The van der Waals surface area contributed by atoms with Gasteiger partial charge in [-0.15, -0.1) is 0 Å². The summed E-state index contributed by atoms with van der Waals surface area (Å²) in [4.78, 5) is 2.43. The van der Waals surface area contributed by atoms with Crippen LogP contribution in [0.25, 0.3) is 0 Å². The van der Waals surface area contributed by atoms with Crippen LogP contribution in [-0.2, 0) is 0 Å². The van der Waals surface area contributed by atoms with E-state index in [1.807, 2.05) is 0 Å². The SMILES string of the molecule is CCCNC(C#N)CN1CCCC1(C)C. The summed E-state index contributed by atoms with van der Waals surface area (Å²) < 4.78 is 0. The highest BCUT2D eigenvalue weighted by Crippen LogP contribution is 2.27. The Hall–Kier alpha value is -0.590. The minimum atomic E-state index is -0.0117. The monoisotopic (exact) mass is 209 g/mol. The fourth-order valence-electron chi connectivity index (χ4n) is 2.19. The van der Waals surface area contributed by atoms with Gasteiger partial charge in [-0.05, 0) is 46.2 Å². The topological polar surface area (TPSA) is 39.1 Å². The van der Waals surface area contributed by atoms with Gasteiger partial charge in [0.15, 0.2) is 0 Å². The van der Waals surface area contributed by atoms with E-state index in [0.717, 1.165) is 26.1 Å². The van der Waals surface area contributed by atoms with Gasteiger partial charge >= 0.3 is 0 Å². The molecule has 0 aromatic carbocycles. The van der Waals surface area contributed by atoms with Crippen LogP contribution in [0.4, 0.5) is 0 Å². The maximum absolute atomic E-state index is 9.04. The first kappa shape index (κ1) is 12.5. The van der Waals surface area contributed by atoms with Gasteiger partial charge in [0.05, 0.1) is 6.07 Å². The molecule has 0 bridgehead atoms. The number of likely N-dealkylation sites (tertiary alicyclic amines) is 1. The second kappa shape index (κ2) is 5.48. The third-order valence-electron chi connectivity index (χ3n) is 3.27. The maximum atomic E-state index is 9.04. The highest BCUT2D eigenvalue weighted by molar-refractivity contribution is 4.97. The molecule has 1 fully saturated rings. The van der Waals surface area contributed by atoms with Crippen molar-refractivity contribution in [1.82, 2.24) is 10.2 Å². The molecule has 3 nitrogen and oxygen atoms in total. The van der Waals surface area contributed by atoms with Gasteiger partial charge in [0.2, 0.25) is 0 Å². The van der Waals surface area contributed by atoms with Crippen molar-refractivity contribution < 1.29 is 0 Å². The van der Waals surface area contributed by atoms with E-state index in [4.69, 9.17) is 5.26 Å². The molecule has 0 aliphatic carbocycles. The molecular weight excluding hydrogens is 186 g/mol. The predicted molar refractivity (Wildman–Crippen MR) is 62.6 cm³/mol. The van der Waals surface area contributed by atoms with Crippen molar-refractivity contribution in [3.8, 4) is 6.07 Å². The highest BCUT2D eigenvalue weighted by atomic mass is 15.2. The van der Waals surface area contributed by atoms with Gasteiger partial charge in [-0.25, -0.2) is 0 Å². The summed E-state index contributed by atoms with van der Waals surface area (Å²) in [5.74, 6) is 0. The first-order chi connectivity index (χ1) is 7.10. The summed E-state index contributed by atoms with van der Waals surface area (Å²) in [6.45, 7) is 9.61. The number of nitriles is 1. The Kier molecular flexibility index (Phi) is 4.56. The van der Waals surface area contributed by atoms with Crippen LogP contribution < -0.4 is 5.32 Å². The normalized spacial score (nSPS) is 22.5. The fourth-order valence-corrected chi connectivity index (χ4v) is 2.19. The van der Waals surface area contributed by atoms with Gasteiger partial charge in [0.25, 0.3) is 0 Å². The Morgan fingerprint density at radius 2 is 2.27 bits per heavy atom. The number of nitrogens with one attached hydrogen (secondary N) is 1. The van der Waals surface area contributed by atoms with Crippen molar-refractivity contribution in [2.45, 2.75) is 51.6 Å². The number of nitrogens with zero attached hydrogens (tertiary/aromatic N) is 2. The molecule has 1 aliphatic rings. The lowest BCUT2D eigenvalue weighted by molar-refractivity contribution is 0.166. The van der Waals surface area contributed by atoms with Crippen LogP contribution in [-0.4, -0.2) is 36.1 Å². The Labute approximate surface area is 93.5 Å². The molecule has 1 heterocycles. The minimum Gasteiger partial charge on any atom is -0.301 e. The largest absolute Gasteiger partial charge is 0.301 e. The summed E-state index contributed by atoms with van der Waals surface area (Å²) in [7, 11) is 0. The van der Waals surface area contributed by atoms with Gasteiger partial charge < -0.3 is 5.32 Å². The Morgan fingerprint density at radius 1 is 1.53 bits per heavy atom. The molecule has 1 N–H and O–H groups in total. The molecule has 0 radical (unpaired) electrons. The Bertz CT molecular complexity index is 230. The molecule has 0 aromatic heterocycles. The van der Waals surface area contributed by atoms with Crippen LogP contribution in [0.5, 0.6) is 0 Å². The van der Waals surface area contributed by atoms with E-state index in [2.05, 4.69) is 37.1 Å². The second-order valence-electron chi connectivity index (χ2n) is 5.00. The standard InChI is InChI=1S/C12H23N3/c1-4-7-14-11(9-13)10-15-8-5-6-12(15,2)3/h11,14H,4-8,10H2,1-3H3. The van der Waals surface area contributed by atoms with E-state index in [9.17, 15) is 0 Å². The average Bonchev–Trinajstić information content (AvgIpc) is 2.52. The molecule has 1 rings (SSSR count). The number of hydrogen-bond donors (Lipinski definition) is 1. The van der Waals surface area contributed by atoms with Crippen LogP contribution in [0.3, 0.4) is 0 Å².